The van der Waals surface area contributed by atoms with Crippen LogP contribution in [-0.4, -0.2) is 20.9 Å². The van der Waals surface area contributed by atoms with Crippen LogP contribution in [0.5, 0.6) is 0 Å². The van der Waals surface area contributed by atoms with Gasteiger partial charge in [-0.15, -0.1) is 0 Å². The van der Waals surface area contributed by atoms with Crippen molar-refractivity contribution in [3.63, 3.8) is 0 Å². The molecule has 0 atom stereocenters. The lowest BCUT2D eigenvalue weighted by Gasteiger charge is -2.10. The molecule has 0 radical (unpaired) electrons. The Balaban J connectivity index is 2.03. The molecular formula is C18H20Cl2N2O3S. The highest BCUT2D eigenvalue weighted by atomic mass is 35.5. The van der Waals surface area contributed by atoms with E-state index in [9.17, 15) is 13.2 Å². The average Bonchev–Trinajstić information content (AvgIpc) is 2.61. The number of halogens is 2. The Morgan fingerprint density at radius 1 is 1.00 bits per heavy atom. The molecule has 0 bridgehead atoms. The zero-order valence-electron chi connectivity index (χ0n) is 14.3. The first-order valence-electron chi connectivity index (χ1n) is 8.19. The van der Waals surface area contributed by atoms with Crippen LogP contribution in [0, 0.1) is 0 Å². The number of sulfonamides is 1. The first-order chi connectivity index (χ1) is 12.3. The van der Waals surface area contributed by atoms with E-state index in [1.54, 1.807) is 12.1 Å². The first-order valence-corrected chi connectivity index (χ1v) is 10.4. The molecule has 2 aromatic rings. The number of anilines is 1. The number of rotatable bonds is 8. The lowest BCUT2D eigenvalue weighted by atomic mass is 10.2. The fourth-order valence-corrected chi connectivity index (χ4v) is 3.67. The summed E-state index contributed by atoms with van der Waals surface area (Å²) in [5.41, 5.74) is 0.817. The van der Waals surface area contributed by atoms with Gasteiger partial charge in [0, 0.05) is 17.8 Å². The van der Waals surface area contributed by atoms with Crippen LogP contribution in [0.25, 0.3) is 0 Å². The average molecular weight is 415 g/mol. The largest absolute Gasteiger partial charge is 0.352 e. The molecule has 2 N–H and O–H groups in total. The third-order valence-corrected chi connectivity index (χ3v) is 5.78. The van der Waals surface area contributed by atoms with E-state index in [2.05, 4.69) is 17.0 Å². The Bertz CT molecular complexity index is 869. The maximum atomic E-state index is 12.4. The molecule has 0 fully saturated rings. The summed E-state index contributed by atoms with van der Waals surface area (Å²) >= 11 is 11.7. The Labute approximate surface area is 163 Å². The van der Waals surface area contributed by atoms with Gasteiger partial charge in [0.25, 0.3) is 15.9 Å². The minimum absolute atomic E-state index is 0.00430. The topological polar surface area (TPSA) is 75.3 Å². The summed E-state index contributed by atoms with van der Waals surface area (Å²) in [4.78, 5) is 12.0. The third-order valence-electron chi connectivity index (χ3n) is 3.67. The van der Waals surface area contributed by atoms with Gasteiger partial charge in [-0.2, -0.15) is 0 Å². The highest BCUT2D eigenvalue weighted by Crippen LogP contribution is 2.26. The molecule has 0 aromatic heterocycles. The molecule has 0 aliphatic heterocycles. The maximum Gasteiger partial charge on any atom is 0.261 e. The number of benzene rings is 2. The summed E-state index contributed by atoms with van der Waals surface area (Å²) in [6.45, 7) is 2.72. The molecular weight excluding hydrogens is 395 g/mol. The Kier molecular flexibility index (Phi) is 7.32. The van der Waals surface area contributed by atoms with Crippen molar-refractivity contribution < 1.29 is 13.2 Å². The van der Waals surface area contributed by atoms with E-state index >= 15 is 0 Å². The van der Waals surface area contributed by atoms with Crippen molar-refractivity contribution in [3.05, 3.63) is 58.1 Å². The molecule has 0 heterocycles. The quantitative estimate of drug-likeness (QED) is 0.613. The first kappa shape index (κ1) is 20.6. The SMILES string of the molecule is CCCCCNC(=O)c1ccc(NS(=O)(=O)c2ccc(Cl)c(Cl)c2)cc1. The minimum Gasteiger partial charge on any atom is -0.352 e. The van der Waals surface area contributed by atoms with E-state index in [0.29, 0.717) is 17.8 Å². The zero-order chi connectivity index (χ0) is 19.2. The second kappa shape index (κ2) is 9.26. The zero-order valence-corrected chi connectivity index (χ0v) is 16.6. The highest BCUT2D eigenvalue weighted by molar-refractivity contribution is 7.92. The normalized spacial score (nSPS) is 11.2. The van der Waals surface area contributed by atoms with Crippen LogP contribution < -0.4 is 10.0 Å². The van der Waals surface area contributed by atoms with E-state index in [4.69, 9.17) is 23.2 Å². The summed E-state index contributed by atoms with van der Waals surface area (Å²) in [7, 11) is -3.80. The van der Waals surface area contributed by atoms with Crippen molar-refractivity contribution in [2.75, 3.05) is 11.3 Å². The predicted octanol–water partition coefficient (Wildman–Crippen LogP) is 4.71. The van der Waals surface area contributed by atoms with E-state index < -0.39 is 10.0 Å². The smallest absolute Gasteiger partial charge is 0.261 e. The van der Waals surface area contributed by atoms with Crippen LogP contribution in [0.1, 0.15) is 36.5 Å². The molecule has 2 rings (SSSR count). The molecule has 1 amide bonds. The van der Waals surface area contributed by atoms with Gasteiger partial charge in [-0.3, -0.25) is 9.52 Å². The van der Waals surface area contributed by atoms with Gasteiger partial charge in [0.15, 0.2) is 0 Å². The van der Waals surface area contributed by atoms with Crippen LogP contribution in [0.4, 0.5) is 5.69 Å². The van der Waals surface area contributed by atoms with Gasteiger partial charge in [0.2, 0.25) is 0 Å². The van der Waals surface area contributed by atoms with Crippen LogP contribution >= 0.6 is 23.2 Å². The fraction of sp³-hybridized carbons (Fsp3) is 0.278. The molecule has 2 aromatic carbocycles. The van der Waals surface area contributed by atoms with Gasteiger partial charge < -0.3 is 5.32 Å². The van der Waals surface area contributed by atoms with E-state index in [0.717, 1.165) is 19.3 Å². The molecule has 0 aliphatic rings. The summed E-state index contributed by atoms with van der Waals surface area (Å²) in [5.74, 6) is -0.181. The monoisotopic (exact) mass is 414 g/mol. The van der Waals surface area contributed by atoms with Gasteiger partial charge >= 0.3 is 0 Å². The lowest BCUT2D eigenvalue weighted by molar-refractivity contribution is 0.0953. The summed E-state index contributed by atoms with van der Waals surface area (Å²) in [5, 5.41) is 3.27. The second-order valence-electron chi connectivity index (χ2n) is 5.72. The molecule has 8 heteroatoms. The van der Waals surface area contributed by atoms with Gasteiger partial charge in [0.1, 0.15) is 0 Å². The van der Waals surface area contributed by atoms with Crippen molar-refractivity contribution >= 4 is 44.8 Å². The van der Waals surface area contributed by atoms with E-state index in [1.807, 2.05) is 0 Å². The molecule has 0 saturated carbocycles. The lowest BCUT2D eigenvalue weighted by Crippen LogP contribution is -2.24. The van der Waals surface area contributed by atoms with Crippen LogP contribution in [-0.2, 0) is 10.0 Å². The molecule has 26 heavy (non-hydrogen) atoms. The standard InChI is InChI=1S/C18H20Cl2N2O3S/c1-2-3-4-11-21-18(23)13-5-7-14(8-6-13)22-26(24,25)15-9-10-16(19)17(20)12-15/h5-10,12,22H,2-4,11H2,1H3,(H,21,23). The number of hydrogen-bond donors (Lipinski definition) is 2. The summed E-state index contributed by atoms with van der Waals surface area (Å²) in [6.07, 6.45) is 3.09. The molecule has 0 aliphatic carbocycles. The fourth-order valence-electron chi connectivity index (χ4n) is 2.23. The van der Waals surface area contributed by atoms with Gasteiger partial charge in [0.05, 0.1) is 14.9 Å². The molecule has 0 spiro atoms. The Hall–Kier alpha value is -1.76. The number of carbonyl (C=O) groups excluding carboxylic acids is 1. The number of carbonyl (C=O) groups is 1. The van der Waals surface area contributed by atoms with Gasteiger partial charge in [-0.25, -0.2) is 8.42 Å². The van der Waals surface area contributed by atoms with Crippen molar-refractivity contribution in [2.24, 2.45) is 0 Å². The van der Waals surface area contributed by atoms with Crippen LogP contribution in [0.15, 0.2) is 47.4 Å². The van der Waals surface area contributed by atoms with E-state index in [1.165, 1.54) is 30.3 Å². The predicted molar refractivity (Wildman–Crippen MR) is 106 cm³/mol. The van der Waals surface area contributed by atoms with Gasteiger partial charge in [-0.1, -0.05) is 43.0 Å². The second-order valence-corrected chi connectivity index (χ2v) is 8.22. The van der Waals surface area contributed by atoms with Crippen molar-refractivity contribution in [1.29, 1.82) is 0 Å². The van der Waals surface area contributed by atoms with Crippen molar-refractivity contribution in [3.8, 4) is 0 Å². The number of nitrogens with one attached hydrogen (secondary N) is 2. The minimum atomic E-state index is -3.80. The number of hydrogen-bond acceptors (Lipinski definition) is 3. The van der Waals surface area contributed by atoms with Crippen molar-refractivity contribution in [1.82, 2.24) is 5.32 Å². The van der Waals surface area contributed by atoms with Gasteiger partial charge in [-0.05, 0) is 48.9 Å². The molecule has 5 nitrogen and oxygen atoms in total. The number of unbranched alkanes of at least 4 members (excludes halogenated alkanes) is 2. The maximum absolute atomic E-state index is 12.4. The van der Waals surface area contributed by atoms with Crippen LogP contribution in [0.3, 0.4) is 0 Å². The number of amides is 1. The highest BCUT2D eigenvalue weighted by Gasteiger charge is 2.16. The Morgan fingerprint density at radius 3 is 2.31 bits per heavy atom. The van der Waals surface area contributed by atoms with E-state index in [-0.39, 0.29) is 20.8 Å². The third kappa shape index (κ3) is 5.62. The molecule has 140 valence electrons. The molecule has 0 saturated heterocycles. The van der Waals surface area contributed by atoms with Crippen molar-refractivity contribution in [2.45, 2.75) is 31.1 Å². The Morgan fingerprint density at radius 2 is 1.69 bits per heavy atom. The molecule has 0 unspecified atom stereocenters. The van der Waals surface area contributed by atoms with Crippen LogP contribution in [0.2, 0.25) is 10.0 Å². The summed E-state index contributed by atoms with van der Waals surface area (Å²) in [6, 6.07) is 10.3. The summed E-state index contributed by atoms with van der Waals surface area (Å²) < 4.78 is 27.2.